The van der Waals surface area contributed by atoms with Crippen molar-refractivity contribution in [3.8, 4) is 0 Å². The topological polar surface area (TPSA) is 95.9 Å². The third-order valence-corrected chi connectivity index (χ3v) is 21.2. The van der Waals surface area contributed by atoms with E-state index in [9.17, 15) is 19.8 Å². The predicted octanol–water partition coefficient (Wildman–Crippen LogP) is 30.1. The Morgan fingerprint density at radius 2 is 0.515 bits per heavy atom. The number of unbranched alkanes of at least 4 members (excludes halogenated alkanes) is 70. The lowest BCUT2D eigenvalue weighted by Gasteiger charge is -2.20. The SMILES string of the molecule is CCCCCCCCCCCCCCCCCCCCCCCC/C=C/C(O)C(CO)NC(=O)CCCCCCCCCCCCCCCCCCC/C=C\C/C=C\CCCCCCCCCCCCCCCCCOC(=O)CCCCCCCCCCCCCCCCCCC. The molecular formula is C91H175NO5. The molecule has 97 heavy (non-hydrogen) atoms. The van der Waals surface area contributed by atoms with E-state index in [1.807, 2.05) is 6.08 Å². The monoisotopic (exact) mass is 1360 g/mol. The molecule has 0 spiro atoms. The van der Waals surface area contributed by atoms with Gasteiger partial charge in [-0.2, -0.15) is 0 Å². The lowest BCUT2D eigenvalue weighted by molar-refractivity contribution is -0.143. The third-order valence-electron chi connectivity index (χ3n) is 21.2. The van der Waals surface area contributed by atoms with Crippen molar-refractivity contribution < 1.29 is 24.5 Å². The molecule has 0 bridgehead atoms. The molecule has 3 N–H and O–H groups in total. The number of nitrogens with one attached hydrogen (secondary N) is 1. The number of amides is 1. The Bertz CT molecular complexity index is 1570. The van der Waals surface area contributed by atoms with Crippen LogP contribution in [0.3, 0.4) is 0 Å². The second kappa shape index (κ2) is 86.5. The van der Waals surface area contributed by atoms with Gasteiger partial charge < -0.3 is 20.3 Å². The highest BCUT2D eigenvalue weighted by molar-refractivity contribution is 5.76. The Kier molecular flexibility index (Phi) is 84.8. The lowest BCUT2D eigenvalue weighted by atomic mass is 10.0. The van der Waals surface area contributed by atoms with Gasteiger partial charge in [0.15, 0.2) is 0 Å². The Morgan fingerprint density at radius 3 is 0.784 bits per heavy atom. The van der Waals surface area contributed by atoms with E-state index in [0.717, 1.165) is 44.9 Å². The van der Waals surface area contributed by atoms with Crippen molar-refractivity contribution in [2.24, 2.45) is 0 Å². The molecule has 0 aromatic heterocycles. The van der Waals surface area contributed by atoms with Crippen LogP contribution in [-0.2, 0) is 14.3 Å². The number of hydrogen-bond donors (Lipinski definition) is 3. The van der Waals surface area contributed by atoms with Crippen LogP contribution in [0.15, 0.2) is 36.5 Å². The van der Waals surface area contributed by atoms with E-state index in [0.29, 0.717) is 19.4 Å². The smallest absolute Gasteiger partial charge is 0.305 e. The first-order valence-electron chi connectivity index (χ1n) is 44.8. The molecule has 0 aromatic carbocycles. The maximum absolute atomic E-state index is 12.6. The number of esters is 1. The van der Waals surface area contributed by atoms with Gasteiger partial charge in [-0.3, -0.25) is 9.59 Å². The fraction of sp³-hybridized carbons (Fsp3) is 0.912. The molecule has 6 nitrogen and oxygen atoms in total. The largest absolute Gasteiger partial charge is 0.466 e. The summed E-state index contributed by atoms with van der Waals surface area (Å²) in [5.74, 6) is -0.0341. The van der Waals surface area contributed by atoms with Crippen LogP contribution in [0.1, 0.15) is 508 Å². The molecule has 0 aliphatic rings. The van der Waals surface area contributed by atoms with Gasteiger partial charge in [-0.25, -0.2) is 0 Å². The van der Waals surface area contributed by atoms with E-state index in [2.05, 4.69) is 43.5 Å². The van der Waals surface area contributed by atoms with Gasteiger partial charge in [-0.15, -0.1) is 0 Å². The molecule has 0 aromatic rings. The second-order valence-corrected chi connectivity index (χ2v) is 30.9. The number of allylic oxidation sites excluding steroid dienone is 5. The van der Waals surface area contributed by atoms with Crippen molar-refractivity contribution in [3.05, 3.63) is 36.5 Å². The fourth-order valence-electron chi connectivity index (χ4n) is 14.4. The normalized spacial score (nSPS) is 12.6. The first kappa shape index (κ1) is 95.1. The van der Waals surface area contributed by atoms with Crippen molar-refractivity contribution in [2.45, 2.75) is 520 Å². The van der Waals surface area contributed by atoms with Crippen molar-refractivity contribution in [3.63, 3.8) is 0 Å². The molecule has 0 aliphatic heterocycles. The van der Waals surface area contributed by atoms with E-state index in [1.54, 1.807) is 6.08 Å². The molecule has 0 fully saturated rings. The van der Waals surface area contributed by atoms with Gasteiger partial charge in [-0.05, 0) is 64.2 Å². The predicted molar refractivity (Wildman–Crippen MR) is 430 cm³/mol. The van der Waals surface area contributed by atoms with Crippen LogP contribution in [0.4, 0.5) is 0 Å². The quantitative estimate of drug-likeness (QED) is 0.0320. The molecule has 0 aliphatic carbocycles. The Labute approximate surface area is 608 Å². The molecule has 0 saturated carbocycles. The van der Waals surface area contributed by atoms with E-state index in [1.165, 1.54) is 437 Å². The zero-order valence-corrected chi connectivity index (χ0v) is 66.1. The molecule has 0 rings (SSSR count). The van der Waals surface area contributed by atoms with Crippen LogP contribution in [0.2, 0.25) is 0 Å². The van der Waals surface area contributed by atoms with Gasteiger partial charge >= 0.3 is 5.97 Å². The average Bonchev–Trinajstić information content (AvgIpc) is 2.81. The van der Waals surface area contributed by atoms with Crippen LogP contribution in [-0.4, -0.2) is 47.4 Å². The first-order valence-corrected chi connectivity index (χ1v) is 44.8. The number of rotatable bonds is 85. The zero-order valence-electron chi connectivity index (χ0n) is 66.1. The summed E-state index contributed by atoms with van der Waals surface area (Å²) in [6, 6.07) is -0.627. The maximum atomic E-state index is 12.6. The highest BCUT2D eigenvalue weighted by atomic mass is 16.5. The summed E-state index contributed by atoms with van der Waals surface area (Å²) < 4.78 is 5.52. The molecule has 0 radical (unpaired) electrons. The minimum Gasteiger partial charge on any atom is -0.466 e. The molecule has 2 unspecified atom stereocenters. The molecule has 0 heterocycles. The number of hydrogen-bond acceptors (Lipinski definition) is 5. The van der Waals surface area contributed by atoms with Crippen LogP contribution in [0, 0.1) is 0 Å². The van der Waals surface area contributed by atoms with Crippen molar-refractivity contribution in [2.75, 3.05) is 13.2 Å². The van der Waals surface area contributed by atoms with E-state index in [-0.39, 0.29) is 18.5 Å². The summed E-state index contributed by atoms with van der Waals surface area (Å²) in [6.07, 6.45) is 115. The molecule has 1 amide bonds. The van der Waals surface area contributed by atoms with Crippen LogP contribution in [0.5, 0.6) is 0 Å². The lowest BCUT2D eigenvalue weighted by Crippen LogP contribution is -2.45. The van der Waals surface area contributed by atoms with Crippen molar-refractivity contribution in [1.29, 1.82) is 0 Å². The number of aliphatic hydroxyl groups excluding tert-OH is 2. The summed E-state index contributed by atoms with van der Waals surface area (Å²) >= 11 is 0. The summed E-state index contributed by atoms with van der Waals surface area (Å²) in [5.41, 5.74) is 0. The molecule has 0 saturated heterocycles. The van der Waals surface area contributed by atoms with Crippen LogP contribution in [0.25, 0.3) is 0 Å². The van der Waals surface area contributed by atoms with Crippen LogP contribution < -0.4 is 5.32 Å². The molecular weight excluding hydrogens is 1190 g/mol. The second-order valence-electron chi connectivity index (χ2n) is 30.9. The Balaban J connectivity index is 3.36. The van der Waals surface area contributed by atoms with Gasteiger partial charge in [-0.1, -0.05) is 468 Å². The molecule has 2 atom stereocenters. The van der Waals surface area contributed by atoms with Gasteiger partial charge in [0.1, 0.15) is 0 Å². The number of ether oxygens (including phenoxy) is 1. The van der Waals surface area contributed by atoms with Crippen LogP contribution >= 0.6 is 0 Å². The fourth-order valence-corrected chi connectivity index (χ4v) is 14.4. The summed E-state index contributed by atoms with van der Waals surface area (Å²) in [5, 5.41) is 23.3. The highest BCUT2D eigenvalue weighted by Crippen LogP contribution is 2.21. The summed E-state index contributed by atoms with van der Waals surface area (Å²) in [7, 11) is 0. The average molecular weight is 1360 g/mol. The Hall–Kier alpha value is -1.92. The number of carbonyl (C=O) groups excluding carboxylic acids is 2. The number of aliphatic hydroxyl groups is 2. The molecule has 6 heteroatoms. The van der Waals surface area contributed by atoms with Gasteiger partial charge in [0.25, 0.3) is 0 Å². The van der Waals surface area contributed by atoms with Crippen molar-refractivity contribution >= 4 is 11.9 Å². The standard InChI is InChI=1S/C91H175NO5/c1-3-5-7-9-11-13-15-17-19-21-22-23-24-42-45-48-52-55-59-63-67-71-75-79-83-89(94)88(87-93)92-90(95)84-80-76-72-68-64-60-56-53-49-46-43-40-38-36-34-32-30-28-26-25-27-29-31-33-35-37-39-41-44-47-50-54-58-62-66-70-74-78-82-86-97-91(96)85-81-77-73-69-65-61-57-51-20-18-16-14-12-10-8-6-4-2/h25-26,29,31,79,83,88-89,93-94H,3-24,27-28,30,32-78,80-82,84-87H2,1-2H3,(H,92,95)/b26-25-,31-29-,83-79+. The zero-order chi connectivity index (χ0) is 69.8. The Morgan fingerprint density at radius 1 is 0.289 bits per heavy atom. The van der Waals surface area contributed by atoms with Gasteiger partial charge in [0, 0.05) is 12.8 Å². The first-order chi connectivity index (χ1) is 48.0. The van der Waals surface area contributed by atoms with Crippen molar-refractivity contribution in [1.82, 2.24) is 5.32 Å². The summed E-state index contributed by atoms with van der Waals surface area (Å²) in [6.45, 7) is 4.97. The minimum atomic E-state index is -0.844. The highest BCUT2D eigenvalue weighted by Gasteiger charge is 2.18. The summed E-state index contributed by atoms with van der Waals surface area (Å²) in [4.78, 5) is 24.7. The van der Waals surface area contributed by atoms with Gasteiger partial charge in [0.2, 0.25) is 5.91 Å². The van der Waals surface area contributed by atoms with E-state index >= 15 is 0 Å². The third kappa shape index (κ3) is 82.9. The van der Waals surface area contributed by atoms with Gasteiger partial charge in [0.05, 0.1) is 25.4 Å². The van der Waals surface area contributed by atoms with E-state index < -0.39 is 12.1 Å². The van der Waals surface area contributed by atoms with E-state index in [4.69, 9.17) is 4.74 Å². The maximum Gasteiger partial charge on any atom is 0.305 e. The number of carbonyl (C=O) groups is 2. The molecule has 574 valence electrons. The minimum absolute atomic E-state index is 0.0252.